The van der Waals surface area contributed by atoms with Crippen molar-refractivity contribution in [2.24, 2.45) is 0 Å². The number of H-pyrrole nitrogens is 1. The van der Waals surface area contributed by atoms with E-state index in [9.17, 15) is 8.42 Å². The summed E-state index contributed by atoms with van der Waals surface area (Å²) in [5.74, 6) is 0. The maximum atomic E-state index is 13.6. The molecule has 0 amide bonds. The van der Waals surface area contributed by atoms with Crippen LogP contribution in [0.5, 0.6) is 0 Å². The molecule has 0 saturated heterocycles. The van der Waals surface area contributed by atoms with Gasteiger partial charge >= 0.3 is 0 Å². The molecule has 1 atom stereocenters. The highest BCUT2D eigenvalue weighted by Crippen LogP contribution is 2.41. The van der Waals surface area contributed by atoms with E-state index >= 15 is 0 Å². The van der Waals surface area contributed by atoms with E-state index in [1.807, 2.05) is 49.4 Å². The monoisotopic (exact) mass is 436 g/mol. The predicted octanol–water partition coefficient (Wildman–Crippen LogP) is 5.47. The number of benzene rings is 3. The fourth-order valence-electron chi connectivity index (χ4n) is 4.30. The third-order valence-corrected chi connectivity index (χ3v) is 7.93. The van der Waals surface area contributed by atoms with Crippen LogP contribution in [0, 0.1) is 6.92 Å². The third kappa shape index (κ3) is 3.14. The Labute approximate surface area is 181 Å². The standard InChI is InChI=1S/C24H21ClN2O2S/c1-16-6-8-17(9-7-16)24-23-21(20-4-2-3-5-22(20)26-23)14-15-27(24)30(28,29)19-12-10-18(25)11-13-19/h2-13,24,26H,14-15H2,1H3. The van der Waals surface area contributed by atoms with Crippen molar-refractivity contribution in [2.45, 2.75) is 24.3 Å². The number of hydrogen-bond acceptors (Lipinski definition) is 2. The quantitative estimate of drug-likeness (QED) is 0.463. The molecule has 152 valence electrons. The van der Waals surface area contributed by atoms with Gasteiger partial charge in [-0.05, 0) is 54.8 Å². The molecule has 0 radical (unpaired) electrons. The summed E-state index contributed by atoms with van der Waals surface area (Å²) >= 11 is 5.99. The molecule has 0 fully saturated rings. The number of aryl methyl sites for hydroxylation is 1. The van der Waals surface area contributed by atoms with Crippen molar-refractivity contribution in [3.63, 3.8) is 0 Å². The molecule has 1 aromatic heterocycles. The highest BCUT2D eigenvalue weighted by Gasteiger charge is 2.39. The Kier molecular flexibility index (Phi) is 4.69. The summed E-state index contributed by atoms with van der Waals surface area (Å²) in [6, 6.07) is 22.2. The molecule has 1 aliphatic rings. The highest BCUT2D eigenvalue weighted by molar-refractivity contribution is 7.89. The van der Waals surface area contributed by atoms with Crippen molar-refractivity contribution in [1.82, 2.24) is 9.29 Å². The lowest BCUT2D eigenvalue weighted by atomic mass is 9.94. The molecule has 0 spiro atoms. The minimum Gasteiger partial charge on any atom is -0.357 e. The van der Waals surface area contributed by atoms with Gasteiger partial charge in [-0.2, -0.15) is 4.31 Å². The van der Waals surface area contributed by atoms with Crippen LogP contribution < -0.4 is 0 Å². The number of nitrogens with one attached hydrogen (secondary N) is 1. The number of para-hydroxylation sites is 1. The topological polar surface area (TPSA) is 53.2 Å². The number of fused-ring (bicyclic) bond motifs is 3. The number of aromatic nitrogens is 1. The lowest BCUT2D eigenvalue weighted by molar-refractivity contribution is 0.340. The molecule has 3 aromatic carbocycles. The van der Waals surface area contributed by atoms with Crippen molar-refractivity contribution in [2.75, 3.05) is 6.54 Å². The van der Waals surface area contributed by atoms with Gasteiger partial charge in [0.25, 0.3) is 0 Å². The number of aromatic amines is 1. The number of hydrogen-bond donors (Lipinski definition) is 1. The summed E-state index contributed by atoms with van der Waals surface area (Å²) in [5.41, 5.74) is 5.26. The molecule has 1 aliphatic heterocycles. The SMILES string of the molecule is Cc1ccc(C2c3[nH]c4ccccc4c3CCN2S(=O)(=O)c2ccc(Cl)cc2)cc1. The second kappa shape index (κ2) is 7.27. The first kappa shape index (κ1) is 19.4. The van der Waals surface area contributed by atoms with Gasteiger partial charge in [-0.3, -0.25) is 0 Å². The van der Waals surface area contributed by atoms with E-state index in [0.717, 1.165) is 27.7 Å². The summed E-state index contributed by atoms with van der Waals surface area (Å²) < 4.78 is 28.9. The van der Waals surface area contributed by atoms with E-state index in [2.05, 4.69) is 11.1 Å². The zero-order valence-corrected chi connectivity index (χ0v) is 18.0. The molecule has 4 aromatic rings. The largest absolute Gasteiger partial charge is 0.357 e. The first-order valence-electron chi connectivity index (χ1n) is 9.88. The van der Waals surface area contributed by atoms with Crippen LogP contribution in [0.4, 0.5) is 0 Å². The maximum Gasteiger partial charge on any atom is 0.244 e. The van der Waals surface area contributed by atoms with E-state index in [1.165, 1.54) is 5.56 Å². The summed E-state index contributed by atoms with van der Waals surface area (Å²) in [7, 11) is -3.71. The van der Waals surface area contributed by atoms with Gasteiger partial charge in [0.05, 0.1) is 10.9 Å². The molecule has 1 N–H and O–H groups in total. The summed E-state index contributed by atoms with van der Waals surface area (Å²) in [5, 5.41) is 1.67. The Morgan fingerprint density at radius 2 is 1.67 bits per heavy atom. The average molecular weight is 437 g/mol. The van der Waals surface area contributed by atoms with E-state index in [0.29, 0.717) is 18.0 Å². The Morgan fingerprint density at radius 3 is 2.40 bits per heavy atom. The molecule has 2 heterocycles. The Hall–Kier alpha value is -2.60. The number of nitrogens with zero attached hydrogens (tertiary/aromatic N) is 1. The van der Waals surface area contributed by atoms with Crippen LogP contribution in [0.1, 0.15) is 28.4 Å². The van der Waals surface area contributed by atoms with Crippen molar-refractivity contribution in [3.8, 4) is 0 Å². The van der Waals surface area contributed by atoms with Crippen LogP contribution in [0.15, 0.2) is 77.7 Å². The Morgan fingerprint density at radius 1 is 0.967 bits per heavy atom. The average Bonchev–Trinajstić information content (AvgIpc) is 3.13. The first-order valence-corrected chi connectivity index (χ1v) is 11.7. The second-order valence-corrected chi connectivity index (χ2v) is 10.0. The molecular weight excluding hydrogens is 416 g/mol. The van der Waals surface area contributed by atoms with Crippen molar-refractivity contribution < 1.29 is 8.42 Å². The lowest BCUT2D eigenvalue weighted by Gasteiger charge is -2.35. The number of sulfonamides is 1. The van der Waals surface area contributed by atoms with Crippen molar-refractivity contribution >= 4 is 32.5 Å². The molecule has 6 heteroatoms. The van der Waals surface area contributed by atoms with E-state index in [-0.39, 0.29) is 4.90 Å². The zero-order valence-electron chi connectivity index (χ0n) is 16.5. The predicted molar refractivity (Wildman–Crippen MR) is 120 cm³/mol. The molecule has 30 heavy (non-hydrogen) atoms. The molecule has 0 aliphatic carbocycles. The Balaban J connectivity index is 1.70. The molecular formula is C24H21ClN2O2S. The number of rotatable bonds is 3. The van der Waals surface area contributed by atoms with Crippen LogP contribution in [-0.2, 0) is 16.4 Å². The van der Waals surface area contributed by atoms with Gasteiger partial charge in [0.15, 0.2) is 0 Å². The maximum absolute atomic E-state index is 13.6. The minimum atomic E-state index is -3.71. The zero-order chi connectivity index (χ0) is 20.9. The van der Waals surface area contributed by atoms with Gasteiger partial charge < -0.3 is 4.98 Å². The molecule has 5 rings (SSSR count). The fourth-order valence-corrected chi connectivity index (χ4v) is 6.01. The van der Waals surface area contributed by atoms with E-state index in [1.54, 1.807) is 28.6 Å². The molecule has 1 unspecified atom stereocenters. The summed E-state index contributed by atoms with van der Waals surface area (Å²) in [6.07, 6.45) is 0.661. The van der Waals surface area contributed by atoms with Gasteiger partial charge in [-0.15, -0.1) is 0 Å². The Bertz CT molecular complexity index is 1330. The normalized spacial score (nSPS) is 17.2. The first-order chi connectivity index (χ1) is 14.4. The van der Waals surface area contributed by atoms with E-state index in [4.69, 9.17) is 11.6 Å². The van der Waals surface area contributed by atoms with Gasteiger partial charge in [0.2, 0.25) is 10.0 Å². The van der Waals surface area contributed by atoms with Crippen LogP contribution >= 0.6 is 11.6 Å². The van der Waals surface area contributed by atoms with Crippen molar-refractivity contribution in [1.29, 1.82) is 0 Å². The lowest BCUT2D eigenvalue weighted by Crippen LogP contribution is -2.40. The van der Waals surface area contributed by atoms with Gasteiger partial charge in [0.1, 0.15) is 0 Å². The summed E-state index contributed by atoms with van der Waals surface area (Å²) in [6.45, 7) is 2.44. The van der Waals surface area contributed by atoms with Gasteiger partial charge in [-0.1, -0.05) is 59.6 Å². The van der Waals surface area contributed by atoms with Gasteiger partial charge in [0, 0.05) is 28.2 Å². The smallest absolute Gasteiger partial charge is 0.244 e. The van der Waals surface area contributed by atoms with Crippen LogP contribution in [-0.4, -0.2) is 24.3 Å². The molecule has 0 saturated carbocycles. The van der Waals surface area contributed by atoms with Crippen LogP contribution in [0.3, 0.4) is 0 Å². The fraction of sp³-hybridized carbons (Fsp3) is 0.167. The van der Waals surface area contributed by atoms with Crippen molar-refractivity contribution in [3.05, 3.63) is 100 Å². The highest BCUT2D eigenvalue weighted by atomic mass is 35.5. The van der Waals surface area contributed by atoms with Crippen LogP contribution in [0.2, 0.25) is 5.02 Å². The summed E-state index contributed by atoms with van der Waals surface area (Å²) in [4.78, 5) is 3.77. The molecule has 4 nitrogen and oxygen atoms in total. The minimum absolute atomic E-state index is 0.253. The van der Waals surface area contributed by atoms with E-state index < -0.39 is 16.1 Å². The molecule has 0 bridgehead atoms. The van der Waals surface area contributed by atoms with Gasteiger partial charge in [-0.25, -0.2) is 8.42 Å². The second-order valence-electron chi connectivity index (χ2n) is 7.70. The third-order valence-electron chi connectivity index (χ3n) is 5.80. The number of halogens is 1. The van der Waals surface area contributed by atoms with Crippen LogP contribution in [0.25, 0.3) is 10.9 Å².